The molecule has 0 saturated carbocycles. The van der Waals surface area contributed by atoms with Crippen molar-refractivity contribution >= 4 is 15.9 Å². The summed E-state index contributed by atoms with van der Waals surface area (Å²) in [5.74, 6) is 0.763. The SMILES string of the molecule is COc1ccc(CNC(=O)NC(C)c2ccc(S(C)(=O)=O)cc2)cc1. The molecular formula is C18H22N2O4S. The second kappa shape index (κ2) is 8.02. The van der Waals surface area contributed by atoms with Gasteiger partial charge < -0.3 is 15.4 Å². The van der Waals surface area contributed by atoms with Crippen molar-refractivity contribution in [2.45, 2.75) is 24.4 Å². The van der Waals surface area contributed by atoms with Crippen molar-refractivity contribution in [2.24, 2.45) is 0 Å². The maximum Gasteiger partial charge on any atom is 0.315 e. The molecule has 2 aromatic carbocycles. The molecular weight excluding hydrogens is 340 g/mol. The lowest BCUT2D eigenvalue weighted by molar-refractivity contribution is 0.237. The third kappa shape index (κ3) is 5.49. The van der Waals surface area contributed by atoms with E-state index in [9.17, 15) is 13.2 Å². The molecule has 0 heterocycles. The fourth-order valence-electron chi connectivity index (χ4n) is 2.26. The molecule has 2 aromatic rings. The normalized spacial score (nSPS) is 12.3. The standard InChI is InChI=1S/C18H22N2O4S/c1-13(15-6-10-17(11-7-15)25(3,22)23)20-18(21)19-12-14-4-8-16(24-2)9-5-14/h4-11,13H,12H2,1-3H3,(H2,19,20,21). The van der Waals surface area contributed by atoms with Crippen LogP contribution in [0.25, 0.3) is 0 Å². The van der Waals surface area contributed by atoms with Crippen LogP contribution in [0.2, 0.25) is 0 Å². The van der Waals surface area contributed by atoms with Crippen LogP contribution < -0.4 is 15.4 Å². The van der Waals surface area contributed by atoms with E-state index in [0.29, 0.717) is 6.54 Å². The van der Waals surface area contributed by atoms with Gasteiger partial charge in [-0.25, -0.2) is 13.2 Å². The Labute approximate surface area is 148 Å². The van der Waals surface area contributed by atoms with Crippen LogP contribution in [0.5, 0.6) is 5.75 Å². The van der Waals surface area contributed by atoms with Crippen LogP contribution in [-0.4, -0.2) is 27.8 Å². The number of amides is 2. The number of hydrogen-bond donors (Lipinski definition) is 2. The van der Waals surface area contributed by atoms with Crippen molar-refractivity contribution in [3.05, 3.63) is 59.7 Å². The molecule has 1 atom stereocenters. The van der Waals surface area contributed by atoms with Crippen LogP contribution in [-0.2, 0) is 16.4 Å². The van der Waals surface area contributed by atoms with Gasteiger partial charge in [0.2, 0.25) is 0 Å². The Morgan fingerprint density at radius 1 is 1.08 bits per heavy atom. The summed E-state index contributed by atoms with van der Waals surface area (Å²) in [6.07, 6.45) is 1.16. The zero-order valence-electron chi connectivity index (χ0n) is 14.4. The van der Waals surface area contributed by atoms with Gasteiger partial charge in [-0.05, 0) is 42.3 Å². The van der Waals surface area contributed by atoms with Crippen molar-refractivity contribution in [1.29, 1.82) is 0 Å². The minimum Gasteiger partial charge on any atom is -0.497 e. The minimum absolute atomic E-state index is 0.246. The van der Waals surface area contributed by atoms with Gasteiger partial charge in [0, 0.05) is 12.8 Å². The van der Waals surface area contributed by atoms with Crippen LogP contribution in [0.15, 0.2) is 53.4 Å². The van der Waals surface area contributed by atoms with E-state index in [4.69, 9.17) is 4.74 Å². The van der Waals surface area contributed by atoms with Crippen LogP contribution in [0.4, 0.5) is 4.79 Å². The summed E-state index contributed by atoms with van der Waals surface area (Å²) < 4.78 is 28.0. The summed E-state index contributed by atoms with van der Waals surface area (Å²) >= 11 is 0. The number of methoxy groups -OCH3 is 1. The Morgan fingerprint density at radius 3 is 2.20 bits per heavy atom. The number of urea groups is 1. The lowest BCUT2D eigenvalue weighted by atomic mass is 10.1. The molecule has 0 radical (unpaired) electrons. The molecule has 2 rings (SSSR count). The van der Waals surface area contributed by atoms with Gasteiger partial charge in [0.1, 0.15) is 5.75 Å². The van der Waals surface area contributed by atoms with E-state index in [1.807, 2.05) is 31.2 Å². The lowest BCUT2D eigenvalue weighted by Crippen LogP contribution is -2.36. The van der Waals surface area contributed by atoms with Gasteiger partial charge in [-0.15, -0.1) is 0 Å². The highest BCUT2D eigenvalue weighted by molar-refractivity contribution is 7.90. The maximum absolute atomic E-state index is 12.0. The third-order valence-corrected chi connectivity index (χ3v) is 4.90. The molecule has 0 aromatic heterocycles. The number of carbonyl (C=O) groups is 1. The van der Waals surface area contributed by atoms with Crippen molar-refractivity contribution < 1.29 is 17.9 Å². The van der Waals surface area contributed by atoms with E-state index in [-0.39, 0.29) is 17.0 Å². The number of benzene rings is 2. The Bertz CT molecular complexity index is 815. The van der Waals surface area contributed by atoms with Crippen LogP contribution in [0.1, 0.15) is 24.1 Å². The highest BCUT2D eigenvalue weighted by atomic mass is 32.2. The number of ether oxygens (including phenoxy) is 1. The van der Waals surface area contributed by atoms with Gasteiger partial charge in [0.25, 0.3) is 0 Å². The fraction of sp³-hybridized carbons (Fsp3) is 0.278. The molecule has 134 valence electrons. The Balaban J connectivity index is 1.88. The second-order valence-electron chi connectivity index (χ2n) is 5.74. The van der Waals surface area contributed by atoms with Gasteiger partial charge >= 0.3 is 6.03 Å². The Hall–Kier alpha value is -2.54. The van der Waals surface area contributed by atoms with Crippen molar-refractivity contribution in [3.63, 3.8) is 0 Å². The first kappa shape index (κ1) is 18.8. The summed E-state index contributed by atoms with van der Waals surface area (Å²) in [5.41, 5.74) is 1.79. The number of rotatable bonds is 6. The zero-order chi connectivity index (χ0) is 18.4. The average Bonchev–Trinajstić information content (AvgIpc) is 2.59. The van der Waals surface area contributed by atoms with Gasteiger partial charge in [0.15, 0.2) is 9.84 Å². The van der Waals surface area contributed by atoms with Gasteiger partial charge in [-0.3, -0.25) is 0 Å². The smallest absolute Gasteiger partial charge is 0.315 e. The van der Waals surface area contributed by atoms with E-state index in [0.717, 1.165) is 23.1 Å². The van der Waals surface area contributed by atoms with E-state index >= 15 is 0 Å². The summed E-state index contributed by atoms with van der Waals surface area (Å²) in [7, 11) is -1.62. The molecule has 0 bridgehead atoms. The van der Waals surface area contributed by atoms with Gasteiger partial charge in [-0.2, -0.15) is 0 Å². The fourth-order valence-corrected chi connectivity index (χ4v) is 2.89. The molecule has 6 nitrogen and oxygen atoms in total. The van der Waals surface area contributed by atoms with Crippen molar-refractivity contribution in [2.75, 3.05) is 13.4 Å². The van der Waals surface area contributed by atoms with E-state index in [1.165, 1.54) is 12.1 Å². The Kier molecular flexibility index (Phi) is 6.03. The summed E-state index contributed by atoms with van der Waals surface area (Å²) in [4.78, 5) is 12.3. The number of sulfone groups is 1. The molecule has 7 heteroatoms. The zero-order valence-corrected chi connectivity index (χ0v) is 15.3. The van der Waals surface area contributed by atoms with Crippen LogP contribution in [0, 0.1) is 0 Å². The molecule has 2 amide bonds. The molecule has 0 spiro atoms. The number of carbonyl (C=O) groups excluding carboxylic acids is 1. The first-order chi connectivity index (χ1) is 11.8. The molecule has 0 aliphatic heterocycles. The number of hydrogen-bond acceptors (Lipinski definition) is 4. The predicted octanol–water partition coefficient (Wildman–Crippen LogP) is 2.66. The first-order valence-corrected chi connectivity index (χ1v) is 9.66. The second-order valence-corrected chi connectivity index (χ2v) is 7.75. The minimum atomic E-state index is -3.22. The average molecular weight is 362 g/mol. The highest BCUT2D eigenvalue weighted by Crippen LogP contribution is 2.16. The van der Waals surface area contributed by atoms with Crippen LogP contribution in [0.3, 0.4) is 0 Å². The topological polar surface area (TPSA) is 84.5 Å². The van der Waals surface area contributed by atoms with Gasteiger partial charge in [-0.1, -0.05) is 24.3 Å². The maximum atomic E-state index is 12.0. The largest absolute Gasteiger partial charge is 0.497 e. The summed E-state index contributed by atoms with van der Waals surface area (Å²) in [6, 6.07) is 13.4. The predicted molar refractivity (Wildman–Crippen MR) is 96.3 cm³/mol. The molecule has 0 aliphatic rings. The monoisotopic (exact) mass is 362 g/mol. The lowest BCUT2D eigenvalue weighted by Gasteiger charge is -2.15. The highest BCUT2D eigenvalue weighted by Gasteiger charge is 2.11. The van der Waals surface area contributed by atoms with E-state index in [1.54, 1.807) is 19.2 Å². The Morgan fingerprint density at radius 2 is 1.68 bits per heavy atom. The summed E-state index contributed by atoms with van der Waals surface area (Å²) in [6.45, 7) is 2.23. The molecule has 0 saturated heterocycles. The molecule has 25 heavy (non-hydrogen) atoms. The van der Waals surface area contributed by atoms with E-state index in [2.05, 4.69) is 10.6 Å². The quantitative estimate of drug-likeness (QED) is 0.827. The molecule has 0 aliphatic carbocycles. The third-order valence-electron chi connectivity index (χ3n) is 3.77. The molecule has 0 fully saturated rings. The van der Waals surface area contributed by atoms with Crippen LogP contribution >= 0.6 is 0 Å². The van der Waals surface area contributed by atoms with Gasteiger partial charge in [0.05, 0.1) is 18.0 Å². The summed E-state index contributed by atoms with van der Waals surface area (Å²) in [5, 5.41) is 5.61. The molecule has 1 unspecified atom stereocenters. The van der Waals surface area contributed by atoms with Crippen molar-refractivity contribution in [3.8, 4) is 5.75 Å². The van der Waals surface area contributed by atoms with E-state index < -0.39 is 9.84 Å². The number of nitrogens with one attached hydrogen (secondary N) is 2. The van der Waals surface area contributed by atoms with Crippen molar-refractivity contribution in [1.82, 2.24) is 10.6 Å². The first-order valence-electron chi connectivity index (χ1n) is 7.77. The molecule has 2 N–H and O–H groups in total.